The first-order valence-electron chi connectivity index (χ1n) is 6.68. The molecule has 0 spiro atoms. The fraction of sp³-hybridized carbons (Fsp3) is 0.600. The number of nitrogens with one attached hydrogen (secondary N) is 1. The predicted molar refractivity (Wildman–Crippen MR) is 70.8 cm³/mol. The molecular weight excluding hydrogens is 213 g/mol. The van der Waals surface area contributed by atoms with Crippen LogP contribution >= 0.6 is 0 Å². The molecule has 0 saturated heterocycles. The minimum Gasteiger partial charge on any atom is -0.382 e. The van der Waals surface area contributed by atoms with Crippen LogP contribution in [-0.2, 0) is 0 Å². The molecule has 1 aliphatic carbocycles. The van der Waals surface area contributed by atoms with Crippen LogP contribution in [0.15, 0.2) is 18.2 Å². The van der Waals surface area contributed by atoms with Crippen LogP contribution in [0.5, 0.6) is 0 Å². The van der Waals surface area contributed by atoms with Gasteiger partial charge in [0, 0.05) is 11.7 Å². The topological polar surface area (TPSA) is 12.0 Å². The zero-order chi connectivity index (χ0) is 12.3. The molecule has 1 N–H and O–H groups in total. The van der Waals surface area contributed by atoms with Gasteiger partial charge in [-0.3, -0.25) is 0 Å². The highest BCUT2D eigenvalue weighted by Gasteiger charge is 2.16. The second-order valence-corrected chi connectivity index (χ2v) is 5.42. The summed E-state index contributed by atoms with van der Waals surface area (Å²) in [5.74, 6) is 0.730. The van der Waals surface area contributed by atoms with Crippen molar-refractivity contribution in [3.05, 3.63) is 29.6 Å². The van der Waals surface area contributed by atoms with E-state index in [1.54, 1.807) is 13.0 Å². The quantitative estimate of drug-likeness (QED) is 0.743. The van der Waals surface area contributed by atoms with Gasteiger partial charge in [0.15, 0.2) is 0 Å². The van der Waals surface area contributed by atoms with Crippen molar-refractivity contribution in [2.24, 2.45) is 5.92 Å². The first-order valence-corrected chi connectivity index (χ1v) is 6.68. The molecule has 0 heterocycles. The lowest BCUT2D eigenvalue weighted by Crippen LogP contribution is -2.18. The summed E-state index contributed by atoms with van der Waals surface area (Å²) in [6.07, 6.45) is 6.32. The Balaban J connectivity index is 1.97. The average molecular weight is 235 g/mol. The maximum atomic E-state index is 13.4. The Bertz CT molecular complexity index is 375. The van der Waals surface area contributed by atoms with Crippen molar-refractivity contribution < 1.29 is 4.39 Å². The lowest BCUT2D eigenvalue weighted by Gasteiger charge is -2.18. The highest BCUT2D eigenvalue weighted by atomic mass is 19.1. The number of aryl methyl sites for hydroxylation is 1. The van der Waals surface area contributed by atoms with E-state index in [4.69, 9.17) is 0 Å². The third-order valence-electron chi connectivity index (χ3n) is 3.80. The SMILES string of the molecule is Cc1ccc(NC2CCCC(C)CC2)cc1F. The molecule has 2 atom stereocenters. The fourth-order valence-electron chi connectivity index (χ4n) is 2.55. The number of anilines is 1. The fourth-order valence-corrected chi connectivity index (χ4v) is 2.55. The number of hydrogen-bond acceptors (Lipinski definition) is 1. The summed E-state index contributed by atoms with van der Waals surface area (Å²) < 4.78 is 13.4. The van der Waals surface area contributed by atoms with Gasteiger partial charge in [-0.05, 0) is 49.8 Å². The molecule has 0 aromatic heterocycles. The van der Waals surface area contributed by atoms with E-state index >= 15 is 0 Å². The van der Waals surface area contributed by atoms with Crippen molar-refractivity contribution >= 4 is 5.69 Å². The van der Waals surface area contributed by atoms with E-state index in [0.29, 0.717) is 11.6 Å². The molecule has 17 heavy (non-hydrogen) atoms. The lowest BCUT2D eigenvalue weighted by atomic mass is 10.0. The van der Waals surface area contributed by atoms with E-state index in [2.05, 4.69) is 12.2 Å². The molecule has 0 bridgehead atoms. The molecule has 94 valence electrons. The molecule has 2 rings (SSSR count). The molecule has 1 saturated carbocycles. The van der Waals surface area contributed by atoms with Crippen molar-refractivity contribution in [1.29, 1.82) is 0 Å². The summed E-state index contributed by atoms with van der Waals surface area (Å²) in [4.78, 5) is 0. The van der Waals surface area contributed by atoms with E-state index in [0.717, 1.165) is 11.6 Å². The van der Waals surface area contributed by atoms with Crippen molar-refractivity contribution in [3.8, 4) is 0 Å². The van der Waals surface area contributed by atoms with Crippen LogP contribution in [0.1, 0.15) is 44.6 Å². The van der Waals surface area contributed by atoms with E-state index in [9.17, 15) is 4.39 Å². The molecule has 1 fully saturated rings. The zero-order valence-electron chi connectivity index (χ0n) is 10.8. The van der Waals surface area contributed by atoms with Gasteiger partial charge in [0.2, 0.25) is 0 Å². The van der Waals surface area contributed by atoms with Gasteiger partial charge in [-0.25, -0.2) is 4.39 Å². The summed E-state index contributed by atoms with van der Waals surface area (Å²) in [6, 6.07) is 5.95. The smallest absolute Gasteiger partial charge is 0.128 e. The van der Waals surface area contributed by atoms with Gasteiger partial charge in [0.05, 0.1) is 0 Å². The maximum Gasteiger partial charge on any atom is 0.128 e. The molecule has 1 aromatic carbocycles. The van der Waals surface area contributed by atoms with Crippen LogP contribution in [0, 0.1) is 18.7 Å². The molecule has 0 amide bonds. The van der Waals surface area contributed by atoms with Crippen molar-refractivity contribution in [2.45, 2.75) is 52.0 Å². The van der Waals surface area contributed by atoms with Crippen LogP contribution in [0.2, 0.25) is 0 Å². The third kappa shape index (κ3) is 3.45. The standard InChI is InChI=1S/C15H22FN/c1-11-4-3-5-13(8-6-11)17-14-9-7-12(2)15(16)10-14/h7,9-11,13,17H,3-6,8H2,1-2H3. The van der Waals surface area contributed by atoms with Crippen LogP contribution in [-0.4, -0.2) is 6.04 Å². The summed E-state index contributed by atoms with van der Waals surface area (Å²) in [7, 11) is 0. The van der Waals surface area contributed by atoms with E-state index in [1.165, 1.54) is 32.1 Å². The number of benzene rings is 1. The molecule has 1 nitrogen and oxygen atoms in total. The number of rotatable bonds is 2. The first kappa shape index (κ1) is 12.4. The monoisotopic (exact) mass is 235 g/mol. The lowest BCUT2D eigenvalue weighted by molar-refractivity contribution is 0.502. The summed E-state index contributed by atoms with van der Waals surface area (Å²) in [6.45, 7) is 4.13. The average Bonchev–Trinajstić information content (AvgIpc) is 2.49. The molecule has 0 radical (unpaired) electrons. The Labute approximate surface area is 103 Å². The number of hydrogen-bond donors (Lipinski definition) is 1. The van der Waals surface area contributed by atoms with Gasteiger partial charge in [0.25, 0.3) is 0 Å². The Morgan fingerprint density at radius 2 is 2.00 bits per heavy atom. The van der Waals surface area contributed by atoms with Crippen molar-refractivity contribution in [1.82, 2.24) is 0 Å². The van der Waals surface area contributed by atoms with Gasteiger partial charge < -0.3 is 5.32 Å². The predicted octanol–water partition coefficient (Wildman–Crippen LogP) is 4.51. The van der Waals surface area contributed by atoms with Gasteiger partial charge in [0.1, 0.15) is 5.82 Å². The zero-order valence-corrected chi connectivity index (χ0v) is 10.8. The largest absolute Gasteiger partial charge is 0.382 e. The van der Waals surface area contributed by atoms with E-state index in [-0.39, 0.29) is 5.82 Å². The third-order valence-corrected chi connectivity index (χ3v) is 3.80. The van der Waals surface area contributed by atoms with Crippen LogP contribution in [0.4, 0.5) is 10.1 Å². The van der Waals surface area contributed by atoms with Gasteiger partial charge >= 0.3 is 0 Å². The molecule has 2 heteroatoms. The van der Waals surface area contributed by atoms with E-state index in [1.807, 2.05) is 12.1 Å². The normalized spacial score (nSPS) is 25.4. The van der Waals surface area contributed by atoms with Gasteiger partial charge in [-0.15, -0.1) is 0 Å². The Hall–Kier alpha value is -1.05. The van der Waals surface area contributed by atoms with E-state index < -0.39 is 0 Å². The summed E-state index contributed by atoms with van der Waals surface area (Å²) >= 11 is 0. The molecule has 2 unspecified atom stereocenters. The Kier molecular flexibility index (Phi) is 4.03. The van der Waals surface area contributed by atoms with Crippen LogP contribution < -0.4 is 5.32 Å². The van der Waals surface area contributed by atoms with Crippen molar-refractivity contribution in [2.75, 3.05) is 5.32 Å². The summed E-state index contributed by atoms with van der Waals surface area (Å²) in [5.41, 5.74) is 1.64. The maximum absolute atomic E-state index is 13.4. The Morgan fingerprint density at radius 3 is 2.76 bits per heavy atom. The van der Waals surface area contributed by atoms with Crippen molar-refractivity contribution in [3.63, 3.8) is 0 Å². The number of halogens is 1. The second-order valence-electron chi connectivity index (χ2n) is 5.42. The summed E-state index contributed by atoms with van der Waals surface area (Å²) in [5, 5.41) is 3.47. The first-order chi connectivity index (χ1) is 8.15. The van der Waals surface area contributed by atoms with Gasteiger partial charge in [-0.1, -0.05) is 25.8 Å². The molecule has 1 aromatic rings. The van der Waals surface area contributed by atoms with Crippen LogP contribution in [0.3, 0.4) is 0 Å². The molecule has 0 aliphatic heterocycles. The minimum atomic E-state index is -0.114. The highest BCUT2D eigenvalue weighted by Crippen LogP contribution is 2.25. The Morgan fingerprint density at radius 1 is 1.18 bits per heavy atom. The van der Waals surface area contributed by atoms with Crippen LogP contribution in [0.25, 0.3) is 0 Å². The van der Waals surface area contributed by atoms with Gasteiger partial charge in [-0.2, -0.15) is 0 Å². The second kappa shape index (κ2) is 5.52. The molecular formula is C15H22FN. The highest BCUT2D eigenvalue weighted by molar-refractivity contribution is 5.45. The molecule has 1 aliphatic rings. The minimum absolute atomic E-state index is 0.114.